The number of hydrogen-bond acceptors (Lipinski definition) is 6. The van der Waals surface area contributed by atoms with Gasteiger partial charge >= 0.3 is 0 Å². The summed E-state index contributed by atoms with van der Waals surface area (Å²) in [5.41, 5.74) is 2.62. The number of amides is 1. The number of anilines is 2. The third kappa shape index (κ3) is 3.29. The zero-order valence-electron chi connectivity index (χ0n) is 15.4. The van der Waals surface area contributed by atoms with Crippen molar-refractivity contribution >= 4 is 27.2 Å². The van der Waals surface area contributed by atoms with Crippen LogP contribution in [0.2, 0.25) is 0 Å². The third-order valence-corrected chi connectivity index (χ3v) is 7.14. The molecular formula is C19H22N4O3S. The Kier molecular flexibility index (Phi) is 4.38. The molecule has 0 aliphatic carbocycles. The molecule has 8 heteroatoms. The largest absolute Gasteiger partial charge is 0.336 e. The monoisotopic (exact) mass is 386 g/mol. The predicted molar refractivity (Wildman–Crippen MR) is 103 cm³/mol. The SMILES string of the molecule is CC1Cc2ccccc2N1c1cnc(C(=O)N(C)C2CCS(=O)(=O)C2)cn1. The summed E-state index contributed by atoms with van der Waals surface area (Å²) in [5.74, 6) is 0.552. The number of carbonyl (C=O) groups excluding carboxylic acids is 1. The van der Waals surface area contributed by atoms with Crippen LogP contribution in [0.3, 0.4) is 0 Å². The molecule has 2 atom stereocenters. The van der Waals surface area contributed by atoms with Gasteiger partial charge in [0.2, 0.25) is 0 Å². The number of benzene rings is 1. The molecule has 1 amide bonds. The normalized spacial score (nSPS) is 23.3. The van der Waals surface area contributed by atoms with Gasteiger partial charge in [0.25, 0.3) is 5.91 Å². The van der Waals surface area contributed by atoms with Crippen LogP contribution >= 0.6 is 0 Å². The number of fused-ring (bicyclic) bond motifs is 1. The summed E-state index contributed by atoms with van der Waals surface area (Å²) in [6.45, 7) is 2.13. The number of para-hydroxylation sites is 1. The number of rotatable bonds is 3. The molecule has 2 aromatic rings. The van der Waals surface area contributed by atoms with Gasteiger partial charge in [-0.25, -0.2) is 18.4 Å². The van der Waals surface area contributed by atoms with Crippen molar-refractivity contribution in [3.63, 3.8) is 0 Å². The van der Waals surface area contributed by atoms with Crippen molar-refractivity contribution in [2.45, 2.75) is 31.8 Å². The Morgan fingerprint density at radius 1 is 1.22 bits per heavy atom. The average Bonchev–Trinajstić information content (AvgIpc) is 3.19. The lowest BCUT2D eigenvalue weighted by Gasteiger charge is -2.25. The molecule has 27 heavy (non-hydrogen) atoms. The average molecular weight is 386 g/mol. The van der Waals surface area contributed by atoms with Crippen LogP contribution in [0.4, 0.5) is 11.5 Å². The summed E-state index contributed by atoms with van der Waals surface area (Å²) in [4.78, 5) is 25.0. The summed E-state index contributed by atoms with van der Waals surface area (Å²) in [5, 5.41) is 0. The lowest BCUT2D eigenvalue weighted by Crippen LogP contribution is -2.38. The predicted octanol–water partition coefficient (Wildman–Crippen LogP) is 1.82. The van der Waals surface area contributed by atoms with E-state index in [1.165, 1.54) is 16.7 Å². The highest BCUT2D eigenvalue weighted by molar-refractivity contribution is 7.91. The van der Waals surface area contributed by atoms with E-state index >= 15 is 0 Å². The van der Waals surface area contributed by atoms with Gasteiger partial charge < -0.3 is 9.80 Å². The van der Waals surface area contributed by atoms with E-state index in [0.717, 1.165) is 12.1 Å². The summed E-state index contributed by atoms with van der Waals surface area (Å²) in [6, 6.07) is 8.18. The molecule has 0 saturated carbocycles. The summed E-state index contributed by atoms with van der Waals surface area (Å²) in [6.07, 6.45) is 4.51. The second-order valence-corrected chi connectivity index (χ2v) is 9.51. The van der Waals surface area contributed by atoms with Crippen molar-refractivity contribution in [3.05, 3.63) is 47.9 Å². The molecule has 1 aromatic heterocycles. The van der Waals surface area contributed by atoms with Crippen molar-refractivity contribution < 1.29 is 13.2 Å². The highest BCUT2D eigenvalue weighted by atomic mass is 32.2. The lowest BCUT2D eigenvalue weighted by molar-refractivity contribution is 0.0741. The number of nitrogens with zero attached hydrogens (tertiary/aromatic N) is 4. The first-order valence-electron chi connectivity index (χ1n) is 9.02. The second-order valence-electron chi connectivity index (χ2n) is 7.28. The van der Waals surface area contributed by atoms with Crippen LogP contribution in [-0.4, -0.2) is 59.8 Å². The molecule has 1 aromatic carbocycles. The molecule has 142 valence electrons. The zero-order valence-corrected chi connectivity index (χ0v) is 16.2. The van der Waals surface area contributed by atoms with E-state index < -0.39 is 9.84 Å². The smallest absolute Gasteiger partial charge is 0.274 e. The first kappa shape index (κ1) is 17.9. The Bertz CT molecular complexity index is 975. The summed E-state index contributed by atoms with van der Waals surface area (Å²) < 4.78 is 23.3. The van der Waals surface area contributed by atoms with E-state index in [-0.39, 0.29) is 35.2 Å². The Morgan fingerprint density at radius 2 is 2.00 bits per heavy atom. The van der Waals surface area contributed by atoms with Gasteiger partial charge in [0.15, 0.2) is 15.7 Å². The number of sulfone groups is 1. The first-order chi connectivity index (χ1) is 12.9. The molecule has 2 aliphatic heterocycles. The molecule has 3 heterocycles. The quantitative estimate of drug-likeness (QED) is 0.800. The third-order valence-electron chi connectivity index (χ3n) is 5.39. The van der Waals surface area contributed by atoms with Gasteiger partial charge in [0, 0.05) is 24.8 Å². The minimum Gasteiger partial charge on any atom is -0.336 e. The molecule has 0 radical (unpaired) electrons. The highest BCUT2D eigenvalue weighted by Crippen LogP contribution is 2.36. The van der Waals surface area contributed by atoms with E-state index in [9.17, 15) is 13.2 Å². The van der Waals surface area contributed by atoms with Crippen molar-refractivity contribution in [3.8, 4) is 0 Å². The van der Waals surface area contributed by atoms with Gasteiger partial charge in [-0.1, -0.05) is 18.2 Å². The van der Waals surface area contributed by atoms with Gasteiger partial charge in [-0.2, -0.15) is 0 Å². The standard InChI is InChI=1S/C19H22N4O3S/c1-13-9-14-5-3-4-6-17(14)23(13)18-11-20-16(10-21-18)19(24)22(2)15-7-8-27(25,26)12-15/h3-6,10-11,13,15H,7-9,12H2,1-2H3. The molecule has 4 rings (SSSR count). The Balaban J connectivity index is 1.53. The van der Waals surface area contributed by atoms with Gasteiger partial charge in [0.1, 0.15) is 5.69 Å². The highest BCUT2D eigenvalue weighted by Gasteiger charge is 2.34. The summed E-state index contributed by atoms with van der Waals surface area (Å²) >= 11 is 0. The maximum absolute atomic E-state index is 12.7. The molecule has 0 spiro atoms. The molecule has 0 bridgehead atoms. The molecule has 0 N–H and O–H groups in total. The van der Waals surface area contributed by atoms with E-state index in [0.29, 0.717) is 12.2 Å². The van der Waals surface area contributed by atoms with Crippen molar-refractivity contribution in [2.24, 2.45) is 0 Å². The molecule has 1 saturated heterocycles. The van der Waals surface area contributed by atoms with Crippen LogP contribution in [0.1, 0.15) is 29.4 Å². The van der Waals surface area contributed by atoms with Crippen molar-refractivity contribution in [1.82, 2.24) is 14.9 Å². The molecule has 1 fully saturated rings. The fourth-order valence-electron chi connectivity index (χ4n) is 3.90. The van der Waals surface area contributed by atoms with Crippen LogP contribution in [0.5, 0.6) is 0 Å². The fourth-order valence-corrected chi connectivity index (χ4v) is 5.67. The first-order valence-corrected chi connectivity index (χ1v) is 10.8. The number of carbonyl (C=O) groups is 1. The van der Waals surface area contributed by atoms with E-state index in [4.69, 9.17) is 0 Å². The maximum atomic E-state index is 12.7. The van der Waals surface area contributed by atoms with E-state index in [1.54, 1.807) is 13.2 Å². The van der Waals surface area contributed by atoms with E-state index in [2.05, 4.69) is 33.9 Å². The fraction of sp³-hybridized carbons (Fsp3) is 0.421. The zero-order chi connectivity index (χ0) is 19.2. The Labute approximate surface area is 159 Å². The lowest BCUT2D eigenvalue weighted by atomic mass is 10.1. The number of hydrogen-bond donors (Lipinski definition) is 0. The minimum atomic E-state index is -3.05. The second kappa shape index (κ2) is 6.60. The van der Waals surface area contributed by atoms with Gasteiger partial charge in [-0.15, -0.1) is 0 Å². The number of aromatic nitrogens is 2. The summed E-state index contributed by atoms with van der Waals surface area (Å²) in [7, 11) is -1.42. The Morgan fingerprint density at radius 3 is 2.67 bits per heavy atom. The molecule has 2 aliphatic rings. The molecular weight excluding hydrogens is 364 g/mol. The van der Waals surface area contributed by atoms with Crippen LogP contribution in [-0.2, 0) is 16.3 Å². The van der Waals surface area contributed by atoms with Crippen LogP contribution in [0.15, 0.2) is 36.7 Å². The van der Waals surface area contributed by atoms with Gasteiger partial charge in [-0.3, -0.25) is 4.79 Å². The van der Waals surface area contributed by atoms with Crippen LogP contribution in [0.25, 0.3) is 0 Å². The van der Waals surface area contributed by atoms with Gasteiger partial charge in [0.05, 0.1) is 23.9 Å². The van der Waals surface area contributed by atoms with Crippen LogP contribution in [0, 0.1) is 0 Å². The minimum absolute atomic E-state index is 0.0167. The maximum Gasteiger partial charge on any atom is 0.274 e. The molecule has 2 unspecified atom stereocenters. The molecule has 7 nitrogen and oxygen atoms in total. The Hall–Kier alpha value is -2.48. The van der Waals surface area contributed by atoms with Crippen molar-refractivity contribution in [1.29, 1.82) is 0 Å². The van der Waals surface area contributed by atoms with Crippen molar-refractivity contribution in [2.75, 3.05) is 23.5 Å². The van der Waals surface area contributed by atoms with E-state index in [1.807, 2.05) is 12.1 Å². The topological polar surface area (TPSA) is 83.5 Å². The van der Waals surface area contributed by atoms with Crippen LogP contribution < -0.4 is 4.90 Å². The van der Waals surface area contributed by atoms with Gasteiger partial charge in [-0.05, 0) is 31.4 Å².